The summed E-state index contributed by atoms with van der Waals surface area (Å²) in [6.45, 7) is 0. The van der Waals surface area contributed by atoms with Gasteiger partial charge in [-0.1, -0.05) is 48.6 Å². The number of hydrogen-bond acceptors (Lipinski definition) is 2. The van der Waals surface area contributed by atoms with Crippen molar-refractivity contribution in [1.82, 2.24) is 0 Å². The van der Waals surface area contributed by atoms with Crippen LogP contribution in [0.2, 0.25) is 0 Å². The first-order valence-corrected chi connectivity index (χ1v) is 5.53. The third-order valence-electron chi connectivity index (χ3n) is 2.57. The summed E-state index contributed by atoms with van der Waals surface area (Å²) in [5, 5.41) is 8.87. The Morgan fingerprint density at radius 2 is 1.67 bits per heavy atom. The van der Waals surface area contributed by atoms with Gasteiger partial charge in [-0.05, 0) is 23.3 Å². The molecule has 0 radical (unpaired) electrons. The second-order valence-electron chi connectivity index (χ2n) is 3.90. The zero-order valence-corrected chi connectivity index (χ0v) is 9.71. The molecular formula is C15H13NO2. The van der Waals surface area contributed by atoms with Crippen LogP contribution < -0.4 is 5.73 Å². The molecule has 0 unspecified atom stereocenters. The van der Waals surface area contributed by atoms with Gasteiger partial charge in [-0.15, -0.1) is 0 Å². The molecular weight excluding hydrogens is 226 g/mol. The molecule has 2 aromatic rings. The molecule has 3 N–H and O–H groups in total. The summed E-state index contributed by atoms with van der Waals surface area (Å²) >= 11 is 0. The van der Waals surface area contributed by atoms with E-state index in [1.807, 2.05) is 42.5 Å². The first kappa shape index (κ1) is 11.9. The Balaban J connectivity index is 2.23. The number of benzene rings is 2. The van der Waals surface area contributed by atoms with Gasteiger partial charge in [0.05, 0.1) is 5.56 Å². The molecule has 0 spiro atoms. The van der Waals surface area contributed by atoms with Gasteiger partial charge in [0.1, 0.15) is 0 Å². The minimum absolute atomic E-state index is 0.131. The first-order valence-electron chi connectivity index (χ1n) is 5.53. The van der Waals surface area contributed by atoms with Crippen LogP contribution in [0, 0.1) is 0 Å². The number of aromatic carboxylic acids is 1. The van der Waals surface area contributed by atoms with Gasteiger partial charge in [0, 0.05) is 5.69 Å². The highest BCUT2D eigenvalue weighted by atomic mass is 16.4. The summed E-state index contributed by atoms with van der Waals surface area (Å²) in [5.74, 6) is -1.01. The normalized spacial score (nSPS) is 10.7. The number of carboxylic acid groups (broad SMARTS) is 1. The van der Waals surface area contributed by atoms with Crippen LogP contribution in [-0.2, 0) is 0 Å². The van der Waals surface area contributed by atoms with E-state index in [1.54, 1.807) is 12.1 Å². The number of anilines is 1. The zero-order valence-electron chi connectivity index (χ0n) is 9.71. The van der Waals surface area contributed by atoms with Gasteiger partial charge in [0.25, 0.3) is 0 Å². The van der Waals surface area contributed by atoms with Crippen molar-refractivity contribution >= 4 is 23.8 Å². The van der Waals surface area contributed by atoms with Crippen LogP contribution in [0.25, 0.3) is 12.2 Å². The molecule has 0 aliphatic carbocycles. The molecule has 0 saturated carbocycles. The minimum atomic E-state index is -1.01. The summed E-state index contributed by atoms with van der Waals surface area (Å²) in [7, 11) is 0. The number of carboxylic acids is 1. The van der Waals surface area contributed by atoms with Crippen LogP contribution in [0.15, 0.2) is 48.5 Å². The average molecular weight is 239 g/mol. The molecule has 18 heavy (non-hydrogen) atoms. The zero-order chi connectivity index (χ0) is 13.0. The molecule has 0 saturated heterocycles. The number of rotatable bonds is 3. The maximum Gasteiger partial charge on any atom is 0.337 e. The second-order valence-corrected chi connectivity index (χ2v) is 3.90. The lowest BCUT2D eigenvalue weighted by atomic mass is 10.1. The number of hydrogen-bond donors (Lipinski definition) is 2. The van der Waals surface area contributed by atoms with Gasteiger partial charge in [-0.3, -0.25) is 0 Å². The van der Waals surface area contributed by atoms with E-state index in [0.717, 1.165) is 11.1 Å². The smallest absolute Gasteiger partial charge is 0.337 e. The fourth-order valence-electron chi connectivity index (χ4n) is 1.64. The number of carbonyl (C=O) groups is 1. The molecule has 0 heterocycles. The molecule has 2 rings (SSSR count). The highest BCUT2D eigenvalue weighted by molar-refractivity contribution is 5.94. The quantitative estimate of drug-likeness (QED) is 0.639. The van der Waals surface area contributed by atoms with Crippen molar-refractivity contribution in [1.29, 1.82) is 0 Å². The SMILES string of the molecule is Nc1cc(C=Cc2ccccc2)ccc1C(=O)O. The molecule has 0 amide bonds. The molecule has 0 fully saturated rings. The van der Waals surface area contributed by atoms with E-state index < -0.39 is 5.97 Å². The third-order valence-corrected chi connectivity index (χ3v) is 2.57. The Bertz CT molecular complexity index is 589. The maximum atomic E-state index is 10.8. The van der Waals surface area contributed by atoms with E-state index in [-0.39, 0.29) is 11.3 Å². The predicted octanol–water partition coefficient (Wildman–Crippen LogP) is 3.14. The lowest BCUT2D eigenvalue weighted by Crippen LogP contribution is -2.01. The largest absolute Gasteiger partial charge is 0.478 e. The molecule has 0 bridgehead atoms. The van der Waals surface area contributed by atoms with Crippen molar-refractivity contribution in [3.05, 3.63) is 65.2 Å². The van der Waals surface area contributed by atoms with E-state index in [9.17, 15) is 4.79 Å². The fourth-order valence-corrected chi connectivity index (χ4v) is 1.64. The lowest BCUT2D eigenvalue weighted by Gasteiger charge is -2.01. The van der Waals surface area contributed by atoms with Gasteiger partial charge in [0.2, 0.25) is 0 Å². The Labute approximate surface area is 105 Å². The summed E-state index contributed by atoms with van der Waals surface area (Å²) in [5.41, 5.74) is 8.04. The van der Waals surface area contributed by atoms with Gasteiger partial charge < -0.3 is 10.8 Å². The van der Waals surface area contributed by atoms with Crippen LogP contribution in [0.1, 0.15) is 21.5 Å². The standard InChI is InChI=1S/C15H13NO2/c16-14-10-12(8-9-13(14)15(17)18)7-6-11-4-2-1-3-5-11/h1-10H,16H2,(H,17,18). The van der Waals surface area contributed by atoms with Gasteiger partial charge >= 0.3 is 5.97 Å². The lowest BCUT2D eigenvalue weighted by molar-refractivity contribution is 0.0698. The molecule has 0 aliphatic heterocycles. The van der Waals surface area contributed by atoms with E-state index in [2.05, 4.69) is 0 Å². The van der Waals surface area contributed by atoms with E-state index in [1.165, 1.54) is 6.07 Å². The monoisotopic (exact) mass is 239 g/mol. The Morgan fingerprint density at radius 1 is 1.00 bits per heavy atom. The van der Waals surface area contributed by atoms with Crippen molar-refractivity contribution in [2.24, 2.45) is 0 Å². The van der Waals surface area contributed by atoms with Crippen molar-refractivity contribution in [2.45, 2.75) is 0 Å². The maximum absolute atomic E-state index is 10.8. The van der Waals surface area contributed by atoms with Crippen LogP contribution >= 0.6 is 0 Å². The second kappa shape index (κ2) is 5.19. The highest BCUT2D eigenvalue weighted by Crippen LogP contribution is 2.16. The molecule has 90 valence electrons. The first-order chi connectivity index (χ1) is 8.66. The van der Waals surface area contributed by atoms with Gasteiger partial charge in [-0.2, -0.15) is 0 Å². The Kier molecular flexibility index (Phi) is 3.44. The molecule has 3 heteroatoms. The molecule has 0 atom stereocenters. The van der Waals surface area contributed by atoms with Crippen LogP contribution in [0.5, 0.6) is 0 Å². The van der Waals surface area contributed by atoms with Crippen LogP contribution in [0.4, 0.5) is 5.69 Å². The van der Waals surface area contributed by atoms with Crippen molar-refractivity contribution in [2.75, 3.05) is 5.73 Å². The fraction of sp³-hybridized carbons (Fsp3) is 0. The number of nitrogens with two attached hydrogens (primary N) is 1. The Hall–Kier alpha value is -2.55. The summed E-state index contributed by atoms with van der Waals surface area (Å²) in [4.78, 5) is 10.8. The Morgan fingerprint density at radius 3 is 2.28 bits per heavy atom. The van der Waals surface area contributed by atoms with E-state index in [4.69, 9.17) is 10.8 Å². The van der Waals surface area contributed by atoms with Crippen molar-refractivity contribution in [3.8, 4) is 0 Å². The summed E-state index contributed by atoms with van der Waals surface area (Å²) in [6, 6.07) is 14.8. The molecule has 0 aliphatic rings. The van der Waals surface area contributed by atoms with Crippen LogP contribution in [0.3, 0.4) is 0 Å². The average Bonchev–Trinajstić information content (AvgIpc) is 2.37. The van der Waals surface area contributed by atoms with Crippen LogP contribution in [-0.4, -0.2) is 11.1 Å². The summed E-state index contributed by atoms with van der Waals surface area (Å²) < 4.78 is 0. The molecule has 0 aromatic heterocycles. The molecule has 3 nitrogen and oxygen atoms in total. The van der Waals surface area contributed by atoms with Gasteiger partial charge in [0.15, 0.2) is 0 Å². The van der Waals surface area contributed by atoms with Crippen molar-refractivity contribution in [3.63, 3.8) is 0 Å². The van der Waals surface area contributed by atoms with E-state index in [0.29, 0.717) is 0 Å². The van der Waals surface area contributed by atoms with Gasteiger partial charge in [-0.25, -0.2) is 4.79 Å². The predicted molar refractivity (Wildman–Crippen MR) is 73.2 cm³/mol. The highest BCUT2D eigenvalue weighted by Gasteiger charge is 2.06. The van der Waals surface area contributed by atoms with Crippen molar-refractivity contribution < 1.29 is 9.90 Å². The topological polar surface area (TPSA) is 63.3 Å². The van der Waals surface area contributed by atoms with E-state index >= 15 is 0 Å². The minimum Gasteiger partial charge on any atom is -0.478 e. The number of nitrogen functional groups attached to an aromatic ring is 1. The summed E-state index contributed by atoms with van der Waals surface area (Å²) in [6.07, 6.45) is 3.85. The molecule has 2 aromatic carbocycles. The third kappa shape index (κ3) is 2.77.